The average Bonchev–Trinajstić information content (AvgIpc) is 2.53. The molecule has 0 radical (unpaired) electrons. The minimum absolute atomic E-state index is 0.0789. The molecule has 0 saturated heterocycles. The van der Waals surface area contributed by atoms with Crippen LogP contribution in [0.4, 0.5) is 0 Å². The molecule has 0 aliphatic carbocycles. The van der Waals surface area contributed by atoms with Gasteiger partial charge in [-0.2, -0.15) is 0 Å². The van der Waals surface area contributed by atoms with Gasteiger partial charge < -0.3 is 20.9 Å². The lowest BCUT2D eigenvalue weighted by Crippen LogP contribution is -2.41. The van der Waals surface area contributed by atoms with Gasteiger partial charge in [-0.05, 0) is 36.2 Å². The van der Waals surface area contributed by atoms with Crippen LogP contribution in [0.1, 0.15) is 12.0 Å². The maximum Gasteiger partial charge on any atom is 0.234 e. The summed E-state index contributed by atoms with van der Waals surface area (Å²) in [5.74, 6) is 1.07. The first-order valence-corrected chi connectivity index (χ1v) is 7.14. The molecule has 2 aromatic rings. The van der Waals surface area contributed by atoms with Crippen LogP contribution in [0.2, 0.25) is 0 Å². The van der Waals surface area contributed by atoms with E-state index in [1.165, 1.54) is 0 Å². The number of hydrogen-bond donors (Lipinski definition) is 3. The highest BCUT2D eigenvalue weighted by Crippen LogP contribution is 2.21. The van der Waals surface area contributed by atoms with Gasteiger partial charge >= 0.3 is 0 Å². The van der Waals surface area contributed by atoms with Crippen LogP contribution in [0, 0.1) is 0 Å². The summed E-state index contributed by atoms with van der Waals surface area (Å²) in [6.07, 6.45) is 0.310. The molecule has 1 amide bonds. The van der Waals surface area contributed by atoms with E-state index in [4.69, 9.17) is 15.6 Å². The number of ether oxygens (including phenoxy) is 1. The summed E-state index contributed by atoms with van der Waals surface area (Å²) >= 11 is 0. The van der Waals surface area contributed by atoms with Gasteiger partial charge in [0.1, 0.15) is 11.5 Å². The molecule has 0 bridgehead atoms. The van der Waals surface area contributed by atoms with Crippen molar-refractivity contribution in [2.24, 2.45) is 5.73 Å². The first kappa shape index (κ1) is 16.0. The van der Waals surface area contributed by atoms with Gasteiger partial charge in [-0.15, -0.1) is 0 Å². The summed E-state index contributed by atoms with van der Waals surface area (Å²) in [6, 6.07) is 16.6. The van der Waals surface area contributed by atoms with Gasteiger partial charge in [0.15, 0.2) is 0 Å². The Kier molecular flexibility index (Phi) is 5.94. The van der Waals surface area contributed by atoms with Crippen LogP contribution in [-0.2, 0) is 11.3 Å². The monoisotopic (exact) mass is 300 g/mol. The zero-order valence-electron chi connectivity index (χ0n) is 12.2. The molecule has 5 heteroatoms. The molecule has 0 spiro atoms. The van der Waals surface area contributed by atoms with Crippen molar-refractivity contribution < 1.29 is 14.6 Å². The highest BCUT2D eigenvalue weighted by molar-refractivity contribution is 5.79. The molecule has 0 aromatic heterocycles. The number of hydrogen-bond acceptors (Lipinski definition) is 4. The first-order chi connectivity index (χ1) is 10.7. The molecule has 2 rings (SSSR count). The van der Waals surface area contributed by atoms with Gasteiger partial charge in [0.25, 0.3) is 0 Å². The molecule has 1 atom stereocenters. The number of carbonyl (C=O) groups excluding carboxylic acids is 1. The van der Waals surface area contributed by atoms with E-state index in [1.54, 1.807) is 0 Å². The van der Waals surface area contributed by atoms with Gasteiger partial charge in [0.2, 0.25) is 5.91 Å². The summed E-state index contributed by atoms with van der Waals surface area (Å²) < 4.78 is 5.71. The topological polar surface area (TPSA) is 84.6 Å². The molecule has 0 saturated carbocycles. The third kappa shape index (κ3) is 4.87. The van der Waals surface area contributed by atoms with E-state index in [9.17, 15) is 4.79 Å². The highest BCUT2D eigenvalue weighted by Gasteiger charge is 2.13. The van der Waals surface area contributed by atoms with E-state index in [1.807, 2.05) is 54.6 Å². The molecule has 0 aliphatic heterocycles. The minimum Gasteiger partial charge on any atom is -0.457 e. The lowest BCUT2D eigenvalue weighted by Gasteiger charge is -2.14. The Hall–Kier alpha value is -2.37. The molecular formula is C17H20N2O3. The molecular weight excluding hydrogens is 280 g/mol. The number of nitrogens with two attached hydrogens (primary N) is 1. The van der Waals surface area contributed by atoms with E-state index in [-0.39, 0.29) is 6.61 Å². The van der Waals surface area contributed by atoms with E-state index >= 15 is 0 Å². The van der Waals surface area contributed by atoms with Gasteiger partial charge in [-0.3, -0.25) is 4.79 Å². The van der Waals surface area contributed by atoms with Crippen molar-refractivity contribution in [2.75, 3.05) is 6.61 Å². The Balaban J connectivity index is 1.90. The molecule has 0 heterocycles. The Morgan fingerprint density at radius 1 is 1.09 bits per heavy atom. The van der Waals surface area contributed by atoms with Crippen molar-refractivity contribution in [1.82, 2.24) is 5.32 Å². The van der Waals surface area contributed by atoms with Crippen LogP contribution in [0.3, 0.4) is 0 Å². The zero-order valence-corrected chi connectivity index (χ0v) is 12.2. The maximum absolute atomic E-state index is 11.2. The molecule has 4 N–H and O–H groups in total. The number of rotatable bonds is 8. The number of para-hydroxylation sites is 1. The van der Waals surface area contributed by atoms with Crippen LogP contribution in [0.5, 0.6) is 11.5 Å². The fraction of sp³-hybridized carbons (Fsp3) is 0.235. The minimum atomic E-state index is -0.523. The highest BCUT2D eigenvalue weighted by atomic mass is 16.5. The lowest BCUT2D eigenvalue weighted by molar-refractivity contribution is -0.120. The lowest BCUT2D eigenvalue weighted by atomic mass is 10.1. The van der Waals surface area contributed by atoms with Crippen molar-refractivity contribution in [3.63, 3.8) is 0 Å². The van der Waals surface area contributed by atoms with Crippen LogP contribution in [0.15, 0.2) is 54.6 Å². The van der Waals surface area contributed by atoms with Crippen molar-refractivity contribution >= 4 is 5.91 Å². The fourth-order valence-corrected chi connectivity index (χ4v) is 2.02. The normalized spacial score (nSPS) is 11.9. The van der Waals surface area contributed by atoms with Crippen LogP contribution in [0.25, 0.3) is 0 Å². The molecule has 2 aromatic carbocycles. The number of primary amides is 1. The van der Waals surface area contributed by atoms with Gasteiger partial charge in [-0.25, -0.2) is 0 Å². The van der Waals surface area contributed by atoms with Crippen molar-refractivity contribution in [3.05, 3.63) is 60.2 Å². The Morgan fingerprint density at radius 3 is 2.32 bits per heavy atom. The third-order valence-corrected chi connectivity index (χ3v) is 3.22. The second-order valence-corrected chi connectivity index (χ2v) is 4.91. The number of carbonyl (C=O) groups is 1. The largest absolute Gasteiger partial charge is 0.457 e. The second kappa shape index (κ2) is 8.17. The van der Waals surface area contributed by atoms with Crippen LogP contribution >= 0.6 is 0 Å². The summed E-state index contributed by atoms with van der Waals surface area (Å²) in [6.45, 7) is 0.420. The third-order valence-electron chi connectivity index (χ3n) is 3.22. The smallest absolute Gasteiger partial charge is 0.234 e. The quantitative estimate of drug-likeness (QED) is 0.694. The Labute approximate surface area is 129 Å². The number of benzene rings is 2. The average molecular weight is 300 g/mol. The standard InChI is InChI=1S/C17H20N2O3/c18-17(21)16(10-11-20)19-12-13-6-8-15(9-7-13)22-14-4-2-1-3-5-14/h1-9,16,19-20H,10-12H2,(H2,18,21). The number of aliphatic hydroxyl groups is 1. The number of aliphatic hydroxyl groups excluding tert-OH is 1. The number of amides is 1. The SMILES string of the molecule is NC(=O)C(CCO)NCc1ccc(Oc2ccccc2)cc1. The van der Waals surface area contributed by atoms with E-state index in [2.05, 4.69) is 5.32 Å². The maximum atomic E-state index is 11.2. The van der Waals surface area contributed by atoms with Crippen LogP contribution in [-0.4, -0.2) is 23.7 Å². The molecule has 5 nitrogen and oxygen atoms in total. The zero-order chi connectivity index (χ0) is 15.8. The molecule has 1 unspecified atom stereocenters. The summed E-state index contributed by atoms with van der Waals surface area (Å²) in [5, 5.41) is 11.9. The van der Waals surface area contributed by atoms with Gasteiger partial charge in [-0.1, -0.05) is 30.3 Å². The van der Waals surface area contributed by atoms with Crippen molar-refractivity contribution in [1.29, 1.82) is 0 Å². The van der Waals surface area contributed by atoms with Crippen molar-refractivity contribution in [2.45, 2.75) is 19.0 Å². The number of nitrogens with one attached hydrogen (secondary N) is 1. The molecule has 116 valence electrons. The van der Waals surface area contributed by atoms with E-state index < -0.39 is 11.9 Å². The molecule has 0 aliphatic rings. The van der Waals surface area contributed by atoms with E-state index in [0.29, 0.717) is 13.0 Å². The summed E-state index contributed by atoms with van der Waals surface area (Å²) in [5.41, 5.74) is 6.27. The predicted octanol–water partition coefficient (Wildman–Crippen LogP) is 1.80. The van der Waals surface area contributed by atoms with E-state index in [0.717, 1.165) is 17.1 Å². The Bertz CT molecular complexity index is 585. The summed E-state index contributed by atoms with van der Waals surface area (Å²) in [4.78, 5) is 11.2. The van der Waals surface area contributed by atoms with Crippen LogP contribution < -0.4 is 15.8 Å². The Morgan fingerprint density at radius 2 is 1.73 bits per heavy atom. The fourth-order valence-electron chi connectivity index (χ4n) is 2.02. The molecule has 22 heavy (non-hydrogen) atoms. The van der Waals surface area contributed by atoms with Gasteiger partial charge in [0.05, 0.1) is 6.04 Å². The second-order valence-electron chi connectivity index (χ2n) is 4.91. The summed E-state index contributed by atoms with van der Waals surface area (Å²) in [7, 11) is 0. The van der Waals surface area contributed by atoms with Gasteiger partial charge in [0, 0.05) is 13.2 Å². The first-order valence-electron chi connectivity index (χ1n) is 7.14. The predicted molar refractivity (Wildman–Crippen MR) is 84.5 cm³/mol. The molecule has 0 fully saturated rings. The van der Waals surface area contributed by atoms with Crippen molar-refractivity contribution in [3.8, 4) is 11.5 Å².